The molecule has 0 saturated carbocycles. The first kappa shape index (κ1) is 22.0. The van der Waals surface area contributed by atoms with Gasteiger partial charge in [-0.1, -0.05) is 17.7 Å². The first-order valence-electron chi connectivity index (χ1n) is 10.4. The molecule has 1 atom stereocenters. The number of carbonyl (C=O) groups excluding carboxylic acids is 1. The third-order valence-electron chi connectivity index (χ3n) is 6.08. The monoisotopic (exact) mass is 453 g/mol. The number of hydrogen-bond acceptors (Lipinski definition) is 6. The number of fused-ring (bicyclic) bond motifs is 1. The molecule has 4 rings (SSSR count). The van der Waals surface area contributed by atoms with Gasteiger partial charge in [0, 0.05) is 66.4 Å². The number of non-ortho nitro benzene ring substituents is 1. The highest BCUT2D eigenvalue weighted by Gasteiger charge is 2.27. The van der Waals surface area contributed by atoms with Crippen LogP contribution >= 0.6 is 11.6 Å². The number of nitrogens with one attached hydrogen (secondary N) is 1. The number of piperazine rings is 1. The lowest BCUT2D eigenvalue weighted by molar-refractivity contribution is -0.383. The lowest BCUT2D eigenvalue weighted by Gasteiger charge is -2.39. The van der Waals surface area contributed by atoms with Crippen LogP contribution in [0.15, 0.2) is 48.8 Å². The lowest BCUT2D eigenvalue weighted by atomic mass is 10.1. The molecule has 1 aliphatic rings. The number of aromatic nitrogens is 1. The summed E-state index contributed by atoms with van der Waals surface area (Å²) in [5.74, 6) is -0.0734. The van der Waals surface area contributed by atoms with Gasteiger partial charge in [-0.2, -0.15) is 0 Å². The molecule has 0 unspecified atom stereocenters. The van der Waals surface area contributed by atoms with Gasteiger partial charge in [-0.05, 0) is 43.7 Å². The molecule has 166 valence electrons. The molecule has 1 aromatic heterocycles. The third-order valence-corrected chi connectivity index (χ3v) is 6.49. The standard InChI is InChI=1S/C23H24ClN5O3/c1-15-19(24)4-3-5-20(15)26-23(30)16(2)27-10-12-28(13-11-27)21-6-7-22(29(31)32)18-14-25-9-8-17(18)21/h3-9,14,16H,10-13H2,1-2H3,(H,26,30)/t16-/m1/s1. The molecule has 1 saturated heterocycles. The van der Waals surface area contributed by atoms with Crippen molar-refractivity contribution in [1.29, 1.82) is 0 Å². The van der Waals surface area contributed by atoms with Crippen LogP contribution in [0.4, 0.5) is 17.1 Å². The second kappa shape index (κ2) is 9.10. The predicted octanol–water partition coefficient (Wildman–Crippen LogP) is 4.25. The Labute approximate surface area is 190 Å². The molecule has 1 N–H and O–H groups in total. The van der Waals surface area contributed by atoms with Crippen molar-refractivity contribution in [1.82, 2.24) is 9.88 Å². The zero-order valence-electron chi connectivity index (χ0n) is 17.9. The molecular formula is C23H24ClN5O3. The van der Waals surface area contributed by atoms with Crippen LogP contribution in [0.2, 0.25) is 5.02 Å². The fraction of sp³-hybridized carbons (Fsp3) is 0.304. The second-order valence-electron chi connectivity index (χ2n) is 7.88. The lowest BCUT2D eigenvalue weighted by Crippen LogP contribution is -2.52. The minimum Gasteiger partial charge on any atom is -0.368 e. The Balaban J connectivity index is 1.45. The third kappa shape index (κ3) is 4.24. The van der Waals surface area contributed by atoms with E-state index >= 15 is 0 Å². The van der Waals surface area contributed by atoms with Gasteiger partial charge in [-0.15, -0.1) is 0 Å². The fourth-order valence-electron chi connectivity index (χ4n) is 4.09. The van der Waals surface area contributed by atoms with Crippen molar-refractivity contribution in [2.24, 2.45) is 0 Å². The summed E-state index contributed by atoms with van der Waals surface area (Å²) >= 11 is 6.16. The van der Waals surface area contributed by atoms with Crippen LogP contribution in [0.25, 0.3) is 10.8 Å². The van der Waals surface area contributed by atoms with E-state index in [0.29, 0.717) is 36.6 Å². The van der Waals surface area contributed by atoms with E-state index in [0.717, 1.165) is 22.3 Å². The van der Waals surface area contributed by atoms with Crippen molar-refractivity contribution in [3.8, 4) is 0 Å². The Bertz CT molecular complexity index is 1180. The number of pyridine rings is 1. The van der Waals surface area contributed by atoms with Gasteiger partial charge in [0.1, 0.15) is 0 Å². The maximum atomic E-state index is 12.8. The molecule has 0 aliphatic carbocycles. The summed E-state index contributed by atoms with van der Waals surface area (Å²) in [6.45, 7) is 6.61. The van der Waals surface area contributed by atoms with Crippen LogP contribution in [0.1, 0.15) is 12.5 Å². The molecular weight excluding hydrogens is 430 g/mol. The van der Waals surface area contributed by atoms with Crippen LogP contribution < -0.4 is 10.2 Å². The van der Waals surface area contributed by atoms with Gasteiger partial charge >= 0.3 is 0 Å². The van der Waals surface area contributed by atoms with E-state index in [1.54, 1.807) is 18.3 Å². The molecule has 2 aromatic carbocycles. The highest BCUT2D eigenvalue weighted by molar-refractivity contribution is 6.31. The van der Waals surface area contributed by atoms with Crippen LogP contribution in [0, 0.1) is 17.0 Å². The summed E-state index contributed by atoms with van der Waals surface area (Å²) in [5.41, 5.74) is 2.56. The van der Waals surface area contributed by atoms with Gasteiger partial charge in [0.2, 0.25) is 5.91 Å². The smallest absolute Gasteiger partial charge is 0.278 e. The molecule has 0 bridgehead atoms. The summed E-state index contributed by atoms with van der Waals surface area (Å²) in [6.07, 6.45) is 3.19. The van der Waals surface area contributed by atoms with E-state index in [-0.39, 0.29) is 22.6 Å². The van der Waals surface area contributed by atoms with Gasteiger partial charge in [0.25, 0.3) is 5.69 Å². The molecule has 9 heteroatoms. The van der Waals surface area contributed by atoms with Gasteiger partial charge in [0.15, 0.2) is 0 Å². The van der Waals surface area contributed by atoms with E-state index < -0.39 is 0 Å². The Kier molecular flexibility index (Phi) is 6.25. The number of nitrogens with zero attached hydrogens (tertiary/aromatic N) is 4. The molecule has 8 nitrogen and oxygen atoms in total. The van der Waals surface area contributed by atoms with E-state index in [1.165, 1.54) is 12.3 Å². The van der Waals surface area contributed by atoms with E-state index in [9.17, 15) is 14.9 Å². The van der Waals surface area contributed by atoms with Crippen molar-refractivity contribution < 1.29 is 9.72 Å². The number of hydrogen-bond donors (Lipinski definition) is 1. The van der Waals surface area contributed by atoms with Crippen LogP contribution in [0.5, 0.6) is 0 Å². The van der Waals surface area contributed by atoms with Gasteiger partial charge in [0.05, 0.1) is 16.4 Å². The van der Waals surface area contributed by atoms with Crippen molar-refractivity contribution in [3.05, 3.63) is 69.5 Å². The summed E-state index contributed by atoms with van der Waals surface area (Å²) in [6, 6.07) is 10.3. The molecule has 0 radical (unpaired) electrons. The molecule has 1 amide bonds. The number of halogens is 1. The molecule has 1 fully saturated rings. The zero-order chi connectivity index (χ0) is 22.8. The molecule has 1 aliphatic heterocycles. The van der Waals surface area contributed by atoms with Gasteiger partial charge in [-0.25, -0.2) is 0 Å². The minimum atomic E-state index is -0.381. The van der Waals surface area contributed by atoms with E-state index in [2.05, 4.69) is 20.1 Å². The first-order valence-corrected chi connectivity index (χ1v) is 10.8. The minimum absolute atomic E-state index is 0.0529. The molecule has 2 heterocycles. The summed E-state index contributed by atoms with van der Waals surface area (Å²) in [5, 5.41) is 16.3. The molecule has 32 heavy (non-hydrogen) atoms. The van der Waals surface area contributed by atoms with Gasteiger partial charge in [-0.3, -0.25) is 24.8 Å². The fourth-order valence-corrected chi connectivity index (χ4v) is 4.26. The number of rotatable bonds is 5. The normalized spacial score (nSPS) is 15.5. The summed E-state index contributed by atoms with van der Waals surface area (Å²) in [4.78, 5) is 32.2. The second-order valence-corrected chi connectivity index (χ2v) is 8.29. The SMILES string of the molecule is Cc1c(Cl)cccc1NC(=O)[C@@H](C)N1CCN(c2ccc([N+](=O)[O-])c3cnccc23)CC1. The number of amides is 1. The Morgan fingerprint density at radius 1 is 1.16 bits per heavy atom. The van der Waals surface area contributed by atoms with Crippen molar-refractivity contribution in [3.63, 3.8) is 0 Å². The first-order chi connectivity index (χ1) is 15.4. The average Bonchev–Trinajstić information content (AvgIpc) is 2.80. The van der Waals surface area contributed by atoms with E-state index in [1.807, 2.05) is 32.0 Å². The largest absolute Gasteiger partial charge is 0.368 e. The quantitative estimate of drug-likeness (QED) is 0.458. The van der Waals surface area contributed by atoms with Crippen molar-refractivity contribution in [2.75, 3.05) is 36.4 Å². The average molecular weight is 454 g/mol. The Morgan fingerprint density at radius 2 is 1.91 bits per heavy atom. The zero-order valence-corrected chi connectivity index (χ0v) is 18.7. The maximum Gasteiger partial charge on any atom is 0.278 e. The summed E-state index contributed by atoms with van der Waals surface area (Å²) in [7, 11) is 0. The van der Waals surface area contributed by atoms with Crippen LogP contribution in [0.3, 0.4) is 0 Å². The number of carbonyl (C=O) groups is 1. The maximum absolute atomic E-state index is 12.8. The Hall–Kier alpha value is -3.23. The molecule has 0 spiro atoms. The number of nitro benzene ring substituents is 1. The molecule has 3 aromatic rings. The topological polar surface area (TPSA) is 91.6 Å². The van der Waals surface area contributed by atoms with Gasteiger partial charge < -0.3 is 10.2 Å². The number of anilines is 2. The van der Waals surface area contributed by atoms with Crippen molar-refractivity contribution in [2.45, 2.75) is 19.9 Å². The number of nitro groups is 1. The van der Waals surface area contributed by atoms with E-state index in [4.69, 9.17) is 11.6 Å². The predicted molar refractivity (Wildman–Crippen MR) is 126 cm³/mol. The Morgan fingerprint density at radius 3 is 2.62 bits per heavy atom. The highest BCUT2D eigenvalue weighted by atomic mass is 35.5. The van der Waals surface area contributed by atoms with Crippen LogP contribution in [-0.2, 0) is 4.79 Å². The van der Waals surface area contributed by atoms with Crippen LogP contribution in [-0.4, -0.2) is 52.9 Å². The van der Waals surface area contributed by atoms with Crippen molar-refractivity contribution >= 4 is 45.3 Å². The summed E-state index contributed by atoms with van der Waals surface area (Å²) < 4.78 is 0. The highest BCUT2D eigenvalue weighted by Crippen LogP contribution is 2.33. The number of benzene rings is 2.